The highest BCUT2D eigenvalue weighted by molar-refractivity contribution is 5.80. The molecule has 0 bridgehead atoms. The summed E-state index contributed by atoms with van der Waals surface area (Å²) in [6, 6.07) is 6.68. The van der Waals surface area contributed by atoms with Crippen molar-refractivity contribution in [2.45, 2.75) is 13.5 Å². The Labute approximate surface area is 147 Å². The van der Waals surface area contributed by atoms with Crippen LogP contribution >= 0.6 is 0 Å². The fraction of sp³-hybridized carbons (Fsp3) is 0.471. The number of hydrogen-bond acceptors (Lipinski definition) is 4. The Balaban J connectivity index is 1.62. The van der Waals surface area contributed by atoms with Gasteiger partial charge < -0.3 is 15.1 Å². The van der Waals surface area contributed by atoms with E-state index in [0.717, 1.165) is 50.2 Å². The number of halogens is 1. The van der Waals surface area contributed by atoms with Gasteiger partial charge in [-0.1, -0.05) is 0 Å². The Morgan fingerprint density at radius 2 is 1.92 bits per heavy atom. The van der Waals surface area contributed by atoms with E-state index in [-0.39, 0.29) is 5.82 Å². The van der Waals surface area contributed by atoms with Crippen molar-refractivity contribution in [1.29, 1.82) is 0 Å². The van der Waals surface area contributed by atoms with Crippen LogP contribution in [0.2, 0.25) is 0 Å². The monoisotopic (exact) mass is 345 g/mol. The van der Waals surface area contributed by atoms with E-state index >= 15 is 0 Å². The predicted molar refractivity (Wildman–Crippen MR) is 96.0 cm³/mol. The number of hydrogen-bond donors (Lipinski definition) is 1. The summed E-state index contributed by atoms with van der Waals surface area (Å²) in [7, 11) is 1.87. The minimum Gasteiger partial charge on any atom is -0.368 e. The Hall–Kier alpha value is -2.64. The van der Waals surface area contributed by atoms with Crippen LogP contribution in [0.5, 0.6) is 0 Å². The zero-order chi connectivity index (χ0) is 17.6. The molecule has 0 amide bonds. The number of aryl methyl sites for hydroxylation is 1. The summed E-state index contributed by atoms with van der Waals surface area (Å²) in [6.07, 6.45) is 1.54. The van der Waals surface area contributed by atoms with E-state index in [2.05, 4.69) is 37.1 Å². The summed E-state index contributed by atoms with van der Waals surface area (Å²) >= 11 is 0. The van der Waals surface area contributed by atoms with Gasteiger partial charge in [0, 0.05) is 45.5 Å². The molecule has 1 N–H and O–H groups in total. The first-order valence-corrected chi connectivity index (χ1v) is 8.54. The lowest BCUT2D eigenvalue weighted by Gasteiger charge is -2.37. The third-order valence-corrected chi connectivity index (χ3v) is 4.28. The zero-order valence-electron chi connectivity index (χ0n) is 14.7. The molecule has 0 aliphatic carbocycles. The van der Waals surface area contributed by atoms with Crippen molar-refractivity contribution in [3.63, 3.8) is 0 Å². The molecule has 8 heteroatoms. The van der Waals surface area contributed by atoms with E-state index in [4.69, 9.17) is 0 Å². The molecule has 134 valence electrons. The van der Waals surface area contributed by atoms with Gasteiger partial charge in [0.2, 0.25) is 0 Å². The molecule has 0 saturated carbocycles. The Morgan fingerprint density at radius 1 is 1.20 bits per heavy atom. The van der Waals surface area contributed by atoms with Crippen LogP contribution in [0.25, 0.3) is 0 Å². The number of aliphatic imine (C=N–C) groups is 1. The lowest BCUT2D eigenvalue weighted by molar-refractivity contribution is 0.372. The summed E-state index contributed by atoms with van der Waals surface area (Å²) in [6.45, 7) is 6.85. The molecule has 3 rings (SSSR count). The van der Waals surface area contributed by atoms with Crippen molar-refractivity contribution in [3.8, 4) is 0 Å². The highest BCUT2D eigenvalue weighted by Crippen LogP contribution is 2.17. The Bertz CT molecular complexity index is 702. The van der Waals surface area contributed by atoms with E-state index < -0.39 is 0 Å². The Morgan fingerprint density at radius 3 is 2.52 bits per heavy atom. The molecule has 1 saturated heterocycles. The average Bonchev–Trinajstić information content (AvgIpc) is 3.04. The number of nitrogens with zero attached hydrogens (tertiary/aromatic N) is 6. The van der Waals surface area contributed by atoms with Gasteiger partial charge >= 0.3 is 0 Å². The van der Waals surface area contributed by atoms with Crippen LogP contribution in [0.4, 0.5) is 10.1 Å². The van der Waals surface area contributed by atoms with Crippen molar-refractivity contribution in [1.82, 2.24) is 25.0 Å². The normalized spacial score (nSPS) is 15.6. The molecule has 7 nitrogen and oxygen atoms in total. The minimum atomic E-state index is -0.201. The number of anilines is 1. The van der Waals surface area contributed by atoms with Gasteiger partial charge in [0.15, 0.2) is 5.96 Å². The molecule has 0 spiro atoms. The fourth-order valence-electron chi connectivity index (χ4n) is 2.86. The lowest BCUT2D eigenvalue weighted by Crippen LogP contribution is -2.52. The molecule has 1 aromatic carbocycles. The lowest BCUT2D eigenvalue weighted by atomic mass is 10.2. The van der Waals surface area contributed by atoms with Crippen molar-refractivity contribution < 1.29 is 4.39 Å². The van der Waals surface area contributed by atoms with Crippen LogP contribution < -0.4 is 10.2 Å². The van der Waals surface area contributed by atoms with Gasteiger partial charge in [0.25, 0.3) is 0 Å². The van der Waals surface area contributed by atoms with E-state index in [1.165, 1.54) is 12.1 Å². The second kappa shape index (κ2) is 7.96. The van der Waals surface area contributed by atoms with Gasteiger partial charge in [-0.25, -0.2) is 14.4 Å². The van der Waals surface area contributed by atoms with Crippen molar-refractivity contribution >= 4 is 11.6 Å². The van der Waals surface area contributed by atoms with Gasteiger partial charge in [0.05, 0.1) is 0 Å². The first-order chi connectivity index (χ1) is 12.2. The molecular weight excluding hydrogens is 321 g/mol. The fourth-order valence-corrected chi connectivity index (χ4v) is 2.86. The maximum Gasteiger partial charge on any atom is 0.194 e. The maximum atomic E-state index is 13.1. The molecule has 1 fully saturated rings. The van der Waals surface area contributed by atoms with Gasteiger partial charge in [-0.2, -0.15) is 5.10 Å². The number of piperazine rings is 1. The molecule has 2 aromatic rings. The van der Waals surface area contributed by atoms with E-state index in [1.54, 1.807) is 11.0 Å². The van der Waals surface area contributed by atoms with Crippen LogP contribution in [0.1, 0.15) is 12.7 Å². The standard InChI is InChI=1S/C17H24FN7/c1-3-19-17(20-12-16-21-13-22-23(16)2)25-10-8-24(9-11-25)15-6-4-14(18)5-7-15/h4-7,13H,3,8-12H2,1-2H3,(H,19,20). The van der Waals surface area contributed by atoms with E-state index in [1.807, 2.05) is 19.2 Å². The number of nitrogens with one attached hydrogen (secondary N) is 1. The second-order valence-corrected chi connectivity index (χ2v) is 5.92. The van der Waals surface area contributed by atoms with Gasteiger partial charge in [-0.05, 0) is 31.2 Å². The first-order valence-electron chi connectivity index (χ1n) is 8.54. The Kier molecular flexibility index (Phi) is 5.47. The molecule has 1 aromatic heterocycles. The SMILES string of the molecule is CCNC(=NCc1ncnn1C)N1CCN(c2ccc(F)cc2)CC1. The van der Waals surface area contributed by atoms with Crippen LogP contribution in [0.15, 0.2) is 35.6 Å². The van der Waals surface area contributed by atoms with Crippen molar-refractivity contribution in [3.05, 3.63) is 42.2 Å². The van der Waals surface area contributed by atoms with E-state index in [0.29, 0.717) is 6.54 Å². The molecule has 0 unspecified atom stereocenters. The van der Waals surface area contributed by atoms with Gasteiger partial charge in [-0.3, -0.25) is 4.68 Å². The summed E-state index contributed by atoms with van der Waals surface area (Å²) in [4.78, 5) is 13.4. The van der Waals surface area contributed by atoms with Crippen molar-refractivity contribution in [2.75, 3.05) is 37.6 Å². The van der Waals surface area contributed by atoms with Crippen LogP contribution in [-0.2, 0) is 13.6 Å². The largest absolute Gasteiger partial charge is 0.368 e. The molecule has 25 heavy (non-hydrogen) atoms. The number of aromatic nitrogens is 3. The first kappa shape index (κ1) is 17.2. The van der Waals surface area contributed by atoms with Crippen LogP contribution in [0, 0.1) is 5.82 Å². The van der Waals surface area contributed by atoms with Crippen molar-refractivity contribution in [2.24, 2.45) is 12.0 Å². The third kappa shape index (κ3) is 4.26. The highest BCUT2D eigenvalue weighted by atomic mass is 19.1. The molecule has 2 heterocycles. The zero-order valence-corrected chi connectivity index (χ0v) is 14.7. The van der Waals surface area contributed by atoms with Gasteiger partial charge in [0.1, 0.15) is 24.5 Å². The minimum absolute atomic E-state index is 0.201. The summed E-state index contributed by atoms with van der Waals surface area (Å²) in [5, 5.41) is 7.42. The quantitative estimate of drug-likeness (QED) is 0.667. The van der Waals surface area contributed by atoms with Crippen LogP contribution in [0.3, 0.4) is 0 Å². The maximum absolute atomic E-state index is 13.1. The second-order valence-electron chi connectivity index (χ2n) is 5.92. The smallest absolute Gasteiger partial charge is 0.194 e. The molecule has 0 atom stereocenters. The molecule has 0 radical (unpaired) electrons. The summed E-state index contributed by atoms with van der Waals surface area (Å²) in [5.74, 6) is 1.53. The number of guanidine groups is 1. The highest BCUT2D eigenvalue weighted by Gasteiger charge is 2.20. The van der Waals surface area contributed by atoms with E-state index in [9.17, 15) is 4.39 Å². The molecule has 1 aliphatic rings. The third-order valence-electron chi connectivity index (χ3n) is 4.28. The summed E-state index contributed by atoms with van der Waals surface area (Å²) < 4.78 is 14.8. The molecular formula is C17H24FN7. The predicted octanol–water partition coefficient (Wildman–Crippen LogP) is 1.24. The van der Waals surface area contributed by atoms with Crippen LogP contribution in [-0.4, -0.2) is 58.3 Å². The summed E-state index contributed by atoms with van der Waals surface area (Å²) in [5.41, 5.74) is 1.06. The van der Waals surface area contributed by atoms with Gasteiger partial charge in [-0.15, -0.1) is 0 Å². The number of benzene rings is 1. The topological polar surface area (TPSA) is 61.6 Å². The molecule has 1 aliphatic heterocycles. The number of rotatable bonds is 4. The average molecular weight is 345 g/mol.